The summed E-state index contributed by atoms with van der Waals surface area (Å²) in [6, 6.07) is 10.8. The molecule has 0 amide bonds. The van der Waals surface area contributed by atoms with Crippen LogP contribution < -0.4 is 5.56 Å². The topological polar surface area (TPSA) is 74.1 Å². The highest BCUT2D eigenvalue weighted by Gasteiger charge is 2.16. The minimum absolute atomic E-state index is 0.0643. The van der Waals surface area contributed by atoms with Crippen LogP contribution >= 0.6 is 11.8 Å². The molecule has 0 aliphatic heterocycles. The van der Waals surface area contributed by atoms with E-state index in [2.05, 4.69) is 9.97 Å². The van der Waals surface area contributed by atoms with E-state index in [-0.39, 0.29) is 23.4 Å². The molecule has 3 rings (SSSR count). The van der Waals surface area contributed by atoms with Crippen molar-refractivity contribution in [2.75, 3.05) is 5.75 Å². The number of thioether (sulfide) groups is 1. The van der Waals surface area contributed by atoms with Crippen LogP contribution in [0.15, 0.2) is 52.5 Å². The first-order valence-corrected chi connectivity index (χ1v) is 9.21. The molecule has 0 atom stereocenters. The Balaban J connectivity index is 2.09. The standard InChI is InChI=1S/C19H19N3O3S/c1-12(2)25-17(23)11-26-19-21-15-7-5-4-6-14(15)18(24)22(19)16-10-13(3)8-9-20-16/h4-10,12H,11H2,1-3H3. The molecule has 1 aromatic carbocycles. The number of hydrogen-bond donors (Lipinski definition) is 0. The summed E-state index contributed by atoms with van der Waals surface area (Å²) < 4.78 is 6.61. The van der Waals surface area contributed by atoms with E-state index in [1.165, 1.54) is 4.57 Å². The van der Waals surface area contributed by atoms with E-state index >= 15 is 0 Å². The van der Waals surface area contributed by atoms with Gasteiger partial charge in [-0.15, -0.1) is 0 Å². The first-order chi connectivity index (χ1) is 12.5. The molecule has 134 valence electrons. The highest BCUT2D eigenvalue weighted by Crippen LogP contribution is 2.21. The molecule has 0 aliphatic rings. The Bertz CT molecular complexity index is 1010. The van der Waals surface area contributed by atoms with Crippen LogP contribution in [-0.2, 0) is 9.53 Å². The molecule has 0 saturated heterocycles. The largest absolute Gasteiger partial charge is 0.462 e. The van der Waals surface area contributed by atoms with Gasteiger partial charge in [0.15, 0.2) is 5.16 Å². The van der Waals surface area contributed by atoms with Crippen molar-refractivity contribution in [3.8, 4) is 5.82 Å². The van der Waals surface area contributed by atoms with Gasteiger partial charge in [-0.25, -0.2) is 14.5 Å². The van der Waals surface area contributed by atoms with Gasteiger partial charge in [0.1, 0.15) is 5.82 Å². The van der Waals surface area contributed by atoms with Gasteiger partial charge in [-0.05, 0) is 50.6 Å². The predicted octanol–water partition coefficient (Wildman–Crippen LogP) is 3.13. The molecule has 3 aromatic rings. The molecule has 0 N–H and O–H groups in total. The van der Waals surface area contributed by atoms with Crippen LogP contribution in [-0.4, -0.2) is 32.4 Å². The number of benzene rings is 1. The van der Waals surface area contributed by atoms with E-state index in [1.54, 1.807) is 38.2 Å². The second-order valence-corrected chi connectivity index (χ2v) is 7.01. The average Bonchev–Trinajstić information content (AvgIpc) is 2.59. The fourth-order valence-electron chi connectivity index (χ4n) is 2.47. The monoisotopic (exact) mass is 369 g/mol. The third kappa shape index (κ3) is 3.94. The fraction of sp³-hybridized carbons (Fsp3) is 0.263. The molecule has 26 heavy (non-hydrogen) atoms. The predicted molar refractivity (Wildman–Crippen MR) is 102 cm³/mol. The van der Waals surface area contributed by atoms with Crippen molar-refractivity contribution in [3.63, 3.8) is 0 Å². The number of para-hydroxylation sites is 1. The van der Waals surface area contributed by atoms with Gasteiger partial charge in [-0.3, -0.25) is 9.59 Å². The lowest BCUT2D eigenvalue weighted by molar-refractivity contribution is -0.144. The van der Waals surface area contributed by atoms with Gasteiger partial charge in [0.2, 0.25) is 0 Å². The number of hydrogen-bond acceptors (Lipinski definition) is 6. The Morgan fingerprint density at radius 2 is 2.04 bits per heavy atom. The molecule has 7 heteroatoms. The minimum Gasteiger partial charge on any atom is -0.462 e. The van der Waals surface area contributed by atoms with Gasteiger partial charge in [-0.1, -0.05) is 23.9 Å². The van der Waals surface area contributed by atoms with E-state index in [9.17, 15) is 9.59 Å². The number of carbonyl (C=O) groups excluding carboxylic acids is 1. The van der Waals surface area contributed by atoms with Crippen LogP contribution in [0.2, 0.25) is 0 Å². The van der Waals surface area contributed by atoms with Crippen LogP contribution in [0.5, 0.6) is 0 Å². The summed E-state index contributed by atoms with van der Waals surface area (Å²) in [6.07, 6.45) is 1.46. The second-order valence-electron chi connectivity index (χ2n) is 6.07. The molecular formula is C19H19N3O3S. The maximum absolute atomic E-state index is 13.0. The summed E-state index contributed by atoms with van der Waals surface area (Å²) in [5.74, 6) is 0.193. The summed E-state index contributed by atoms with van der Waals surface area (Å²) in [4.78, 5) is 33.8. The minimum atomic E-state index is -0.351. The van der Waals surface area contributed by atoms with Crippen LogP contribution in [0.3, 0.4) is 0 Å². The highest BCUT2D eigenvalue weighted by atomic mass is 32.2. The van der Waals surface area contributed by atoms with E-state index in [0.717, 1.165) is 17.3 Å². The molecule has 2 heterocycles. The van der Waals surface area contributed by atoms with Crippen LogP contribution in [0.1, 0.15) is 19.4 Å². The Hall–Kier alpha value is -2.67. The van der Waals surface area contributed by atoms with E-state index in [1.807, 2.05) is 25.1 Å². The molecule has 2 aromatic heterocycles. The maximum Gasteiger partial charge on any atom is 0.316 e. The van der Waals surface area contributed by atoms with Gasteiger partial charge >= 0.3 is 5.97 Å². The fourth-order valence-corrected chi connectivity index (χ4v) is 3.26. The third-order valence-electron chi connectivity index (χ3n) is 3.56. The number of nitrogens with zero attached hydrogens (tertiary/aromatic N) is 3. The number of pyridine rings is 1. The number of ether oxygens (including phenoxy) is 1. The third-order valence-corrected chi connectivity index (χ3v) is 4.47. The van der Waals surface area contributed by atoms with E-state index in [4.69, 9.17) is 4.74 Å². The molecule has 0 unspecified atom stereocenters. The lowest BCUT2D eigenvalue weighted by Gasteiger charge is -2.13. The first-order valence-electron chi connectivity index (χ1n) is 8.23. The van der Waals surface area contributed by atoms with Gasteiger partial charge < -0.3 is 4.74 Å². The number of aryl methyl sites for hydroxylation is 1. The number of aromatic nitrogens is 3. The SMILES string of the molecule is Cc1ccnc(-n2c(SCC(=O)OC(C)C)nc3ccccc3c2=O)c1. The lowest BCUT2D eigenvalue weighted by Crippen LogP contribution is -2.23. The normalized spacial score (nSPS) is 11.1. The lowest BCUT2D eigenvalue weighted by atomic mass is 10.2. The molecular weight excluding hydrogens is 350 g/mol. The summed E-state index contributed by atoms with van der Waals surface area (Å²) in [5.41, 5.74) is 1.35. The highest BCUT2D eigenvalue weighted by molar-refractivity contribution is 7.99. The van der Waals surface area contributed by atoms with Crippen molar-refractivity contribution in [3.05, 3.63) is 58.5 Å². The smallest absolute Gasteiger partial charge is 0.316 e. The van der Waals surface area contributed by atoms with E-state index < -0.39 is 0 Å². The van der Waals surface area contributed by atoms with Crippen molar-refractivity contribution in [1.29, 1.82) is 0 Å². The van der Waals surface area contributed by atoms with Gasteiger partial charge in [0, 0.05) is 6.20 Å². The Labute approximate surface area is 155 Å². The van der Waals surface area contributed by atoms with Crippen molar-refractivity contribution in [2.45, 2.75) is 32.0 Å². The van der Waals surface area contributed by atoms with Crippen molar-refractivity contribution in [1.82, 2.24) is 14.5 Å². The van der Waals surface area contributed by atoms with Crippen molar-refractivity contribution < 1.29 is 9.53 Å². The summed E-state index contributed by atoms with van der Waals surface area (Å²) in [7, 11) is 0. The van der Waals surface area contributed by atoms with Crippen LogP contribution in [0, 0.1) is 6.92 Å². The number of carbonyl (C=O) groups is 1. The number of fused-ring (bicyclic) bond motifs is 1. The molecule has 0 radical (unpaired) electrons. The molecule has 6 nitrogen and oxygen atoms in total. The van der Waals surface area contributed by atoms with E-state index in [0.29, 0.717) is 21.9 Å². The van der Waals surface area contributed by atoms with Crippen LogP contribution in [0.4, 0.5) is 0 Å². The quantitative estimate of drug-likeness (QED) is 0.391. The average molecular weight is 369 g/mol. The van der Waals surface area contributed by atoms with Gasteiger partial charge in [0.25, 0.3) is 5.56 Å². The summed E-state index contributed by atoms with van der Waals surface area (Å²) in [5, 5.41) is 0.914. The molecule has 0 aliphatic carbocycles. The zero-order valence-corrected chi connectivity index (χ0v) is 15.6. The Kier molecular flexibility index (Phi) is 5.37. The number of rotatable bonds is 5. The zero-order chi connectivity index (χ0) is 18.7. The number of esters is 1. The van der Waals surface area contributed by atoms with Crippen molar-refractivity contribution >= 4 is 28.6 Å². The van der Waals surface area contributed by atoms with Crippen LogP contribution in [0.25, 0.3) is 16.7 Å². The molecule has 0 saturated carbocycles. The molecule has 0 fully saturated rings. The van der Waals surface area contributed by atoms with Crippen molar-refractivity contribution in [2.24, 2.45) is 0 Å². The Morgan fingerprint density at radius 1 is 1.27 bits per heavy atom. The maximum atomic E-state index is 13.0. The van der Waals surface area contributed by atoms with Gasteiger partial charge in [0.05, 0.1) is 22.8 Å². The zero-order valence-electron chi connectivity index (χ0n) is 14.8. The summed E-state index contributed by atoms with van der Waals surface area (Å²) in [6.45, 7) is 5.52. The summed E-state index contributed by atoms with van der Waals surface area (Å²) >= 11 is 1.16. The van der Waals surface area contributed by atoms with Gasteiger partial charge in [-0.2, -0.15) is 0 Å². The Morgan fingerprint density at radius 3 is 2.77 bits per heavy atom. The second kappa shape index (κ2) is 7.70. The molecule has 0 spiro atoms. The first kappa shape index (κ1) is 18.1. The molecule has 0 bridgehead atoms.